The summed E-state index contributed by atoms with van der Waals surface area (Å²) in [5.74, 6) is 0.514. The minimum Gasteiger partial charge on any atom is -0.492 e. The molecule has 4 N–H and O–H groups in total. The lowest BCUT2D eigenvalue weighted by molar-refractivity contribution is -0.122. The number of para-hydroxylation sites is 1. The van der Waals surface area contributed by atoms with E-state index in [1.54, 1.807) is 0 Å². The fraction of sp³-hybridized carbons (Fsp3) is 0.500. The summed E-state index contributed by atoms with van der Waals surface area (Å²) in [6.07, 6.45) is 1.57. The summed E-state index contributed by atoms with van der Waals surface area (Å²) >= 11 is 0. The lowest BCUT2D eigenvalue weighted by atomic mass is 9.96. The van der Waals surface area contributed by atoms with E-state index in [4.69, 9.17) is 16.2 Å². The number of carbonyl (C=O) groups is 1. The van der Waals surface area contributed by atoms with E-state index in [0.717, 1.165) is 37.4 Å². The second-order valence-electron chi connectivity index (χ2n) is 4.79. The van der Waals surface area contributed by atoms with E-state index >= 15 is 0 Å². The summed E-state index contributed by atoms with van der Waals surface area (Å²) in [6.45, 7) is 4.13. The molecule has 0 radical (unpaired) electrons. The van der Waals surface area contributed by atoms with Crippen molar-refractivity contribution in [1.29, 1.82) is 0 Å². The first kappa shape index (κ1) is 13.5. The fourth-order valence-corrected chi connectivity index (χ4v) is 2.49. The average Bonchev–Trinajstić information content (AvgIpc) is 2.41. The number of rotatable bonds is 4. The van der Waals surface area contributed by atoms with E-state index in [0.29, 0.717) is 12.3 Å². The van der Waals surface area contributed by atoms with Crippen molar-refractivity contribution in [2.75, 3.05) is 30.3 Å². The maximum absolute atomic E-state index is 11.2. The number of nitrogens with zero attached hydrogens (tertiary/aromatic N) is 1. The van der Waals surface area contributed by atoms with Gasteiger partial charge in [0.1, 0.15) is 5.75 Å². The highest BCUT2D eigenvalue weighted by atomic mass is 16.5. The van der Waals surface area contributed by atoms with Crippen LogP contribution in [0.1, 0.15) is 19.8 Å². The molecule has 1 aromatic carbocycles. The van der Waals surface area contributed by atoms with E-state index < -0.39 is 0 Å². The first-order valence-electron chi connectivity index (χ1n) is 6.69. The maximum Gasteiger partial charge on any atom is 0.220 e. The van der Waals surface area contributed by atoms with Gasteiger partial charge in [-0.05, 0) is 31.9 Å². The van der Waals surface area contributed by atoms with Crippen molar-refractivity contribution in [3.63, 3.8) is 0 Å². The van der Waals surface area contributed by atoms with E-state index in [2.05, 4.69) is 4.90 Å². The number of amides is 1. The Kier molecular flexibility index (Phi) is 4.14. The minimum atomic E-state index is -0.198. The molecule has 104 valence electrons. The van der Waals surface area contributed by atoms with E-state index in [1.165, 1.54) is 0 Å². The summed E-state index contributed by atoms with van der Waals surface area (Å²) in [4.78, 5) is 13.4. The number of hydrogen-bond acceptors (Lipinski definition) is 4. The Bertz CT molecular complexity index is 454. The number of piperidine rings is 1. The van der Waals surface area contributed by atoms with Gasteiger partial charge in [-0.3, -0.25) is 4.79 Å². The van der Waals surface area contributed by atoms with Gasteiger partial charge in [-0.25, -0.2) is 0 Å². The summed E-state index contributed by atoms with van der Waals surface area (Å²) in [5.41, 5.74) is 13.1. The topological polar surface area (TPSA) is 81.6 Å². The Morgan fingerprint density at radius 3 is 2.68 bits per heavy atom. The third-order valence-electron chi connectivity index (χ3n) is 3.58. The number of hydrogen-bond donors (Lipinski definition) is 2. The molecule has 0 saturated carbocycles. The Morgan fingerprint density at radius 2 is 2.11 bits per heavy atom. The van der Waals surface area contributed by atoms with E-state index in [1.807, 2.05) is 25.1 Å². The SMILES string of the molecule is CCOc1cccc(N2CCC(C(N)=O)CC2)c1N. The molecule has 1 aliphatic heterocycles. The Hall–Kier alpha value is -1.91. The quantitative estimate of drug-likeness (QED) is 0.804. The van der Waals surface area contributed by atoms with Crippen LogP contribution in [-0.2, 0) is 4.79 Å². The number of carbonyl (C=O) groups excluding carboxylic acids is 1. The van der Waals surface area contributed by atoms with Crippen molar-refractivity contribution in [1.82, 2.24) is 0 Å². The van der Waals surface area contributed by atoms with Crippen molar-refractivity contribution in [2.45, 2.75) is 19.8 Å². The molecule has 1 aromatic rings. The Labute approximate surface area is 113 Å². The minimum absolute atomic E-state index is 0.00690. The molecule has 5 nitrogen and oxygen atoms in total. The zero-order valence-corrected chi connectivity index (χ0v) is 11.3. The number of benzene rings is 1. The molecule has 0 aliphatic carbocycles. The van der Waals surface area contributed by atoms with Crippen LogP contribution in [0.25, 0.3) is 0 Å². The van der Waals surface area contributed by atoms with Gasteiger partial charge in [-0.15, -0.1) is 0 Å². The first-order chi connectivity index (χ1) is 9.13. The van der Waals surface area contributed by atoms with Gasteiger partial charge < -0.3 is 21.1 Å². The van der Waals surface area contributed by atoms with Crippen molar-refractivity contribution in [2.24, 2.45) is 11.7 Å². The van der Waals surface area contributed by atoms with E-state index in [9.17, 15) is 4.79 Å². The fourth-order valence-electron chi connectivity index (χ4n) is 2.49. The van der Waals surface area contributed by atoms with Crippen LogP contribution in [-0.4, -0.2) is 25.6 Å². The first-order valence-corrected chi connectivity index (χ1v) is 6.69. The van der Waals surface area contributed by atoms with Crippen LogP contribution in [0.5, 0.6) is 5.75 Å². The zero-order valence-electron chi connectivity index (χ0n) is 11.3. The third kappa shape index (κ3) is 2.92. The van der Waals surface area contributed by atoms with Crippen LogP contribution in [0, 0.1) is 5.92 Å². The van der Waals surface area contributed by atoms with Crippen LogP contribution >= 0.6 is 0 Å². The molecule has 0 atom stereocenters. The van der Waals surface area contributed by atoms with Gasteiger partial charge in [0, 0.05) is 19.0 Å². The molecule has 1 saturated heterocycles. The van der Waals surface area contributed by atoms with Gasteiger partial charge in [0.15, 0.2) is 0 Å². The summed E-state index contributed by atoms with van der Waals surface area (Å²) in [5, 5.41) is 0. The molecule has 1 aliphatic rings. The normalized spacial score (nSPS) is 16.4. The number of anilines is 2. The van der Waals surface area contributed by atoms with Crippen molar-refractivity contribution >= 4 is 17.3 Å². The predicted octanol–water partition coefficient (Wildman–Crippen LogP) is 1.37. The van der Waals surface area contributed by atoms with Crippen molar-refractivity contribution in [3.05, 3.63) is 18.2 Å². The molecule has 0 spiro atoms. The molecule has 1 fully saturated rings. The standard InChI is InChI=1S/C14H21N3O2/c1-2-19-12-5-3-4-11(13(12)15)17-8-6-10(7-9-17)14(16)18/h3-5,10H,2,6-9,15H2,1H3,(H2,16,18). The molecular weight excluding hydrogens is 242 g/mol. The van der Waals surface area contributed by atoms with Gasteiger partial charge in [-0.1, -0.05) is 6.07 Å². The monoisotopic (exact) mass is 263 g/mol. The highest BCUT2D eigenvalue weighted by Crippen LogP contribution is 2.34. The van der Waals surface area contributed by atoms with Crippen molar-refractivity contribution < 1.29 is 9.53 Å². The van der Waals surface area contributed by atoms with Gasteiger partial charge in [0.05, 0.1) is 18.0 Å². The van der Waals surface area contributed by atoms with Crippen LogP contribution in [0.2, 0.25) is 0 Å². The maximum atomic E-state index is 11.2. The second kappa shape index (κ2) is 5.82. The zero-order chi connectivity index (χ0) is 13.8. The molecule has 5 heteroatoms. The van der Waals surface area contributed by atoms with Crippen molar-refractivity contribution in [3.8, 4) is 5.75 Å². The number of nitrogen functional groups attached to an aromatic ring is 1. The predicted molar refractivity (Wildman–Crippen MR) is 76.2 cm³/mol. The summed E-state index contributed by atoms with van der Waals surface area (Å²) in [7, 11) is 0. The summed E-state index contributed by atoms with van der Waals surface area (Å²) < 4.78 is 5.50. The second-order valence-corrected chi connectivity index (χ2v) is 4.79. The molecular formula is C14H21N3O2. The van der Waals surface area contributed by atoms with Crippen LogP contribution < -0.4 is 21.1 Å². The summed E-state index contributed by atoms with van der Waals surface area (Å²) in [6, 6.07) is 5.80. The van der Waals surface area contributed by atoms with Crippen LogP contribution in [0.15, 0.2) is 18.2 Å². The highest BCUT2D eigenvalue weighted by molar-refractivity contribution is 5.78. The molecule has 19 heavy (non-hydrogen) atoms. The van der Waals surface area contributed by atoms with Gasteiger partial charge in [-0.2, -0.15) is 0 Å². The van der Waals surface area contributed by atoms with Gasteiger partial charge in [0.25, 0.3) is 0 Å². The van der Waals surface area contributed by atoms with Crippen LogP contribution in [0.4, 0.5) is 11.4 Å². The molecule has 0 unspecified atom stereocenters. The number of primary amides is 1. The van der Waals surface area contributed by atoms with Crippen LogP contribution in [0.3, 0.4) is 0 Å². The largest absolute Gasteiger partial charge is 0.492 e. The molecule has 1 amide bonds. The smallest absolute Gasteiger partial charge is 0.220 e. The van der Waals surface area contributed by atoms with E-state index in [-0.39, 0.29) is 11.8 Å². The molecule has 0 bridgehead atoms. The van der Waals surface area contributed by atoms with Gasteiger partial charge in [0.2, 0.25) is 5.91 Å². The lowest BCUT2D eigenvalue weighted by Crippen LogP contribution is -2.38. The number of ether oxygens (including phenoxy) is 1. The third-order valence-corrected chi connectivity index (χ3v) is 3.58. The Balaban J connectivity index is 2.11. The molecule has 2 rings (SSSR count). The average molecular weight is 263 g/mol. The highest BCUT2D eigenvalue weighted by Gasteiger charge is 2.24. The molecule has 0 aromatic heterocycles. The number of nitrogens with two attached hydrogens (primary N) is 2. The lowest BCUT2D eigenvalue weighted by Gasteiger charge is -2.33. The van der Waals surface area contributed by atoms with Gasteiger partial charge >= 0.3 is 0 Å². The Morgan fingerprint density at radius 1 is 1.42 bits per heavy atom. The molecule has 1 heterocycles.